The van der Waals surface area contributed by atoms with E-state index in [1.54, 1.807) is 34.0 Å². The minimum Gasteiger partial charge on any atom is -0.352 e. The Balaban J connectivity index is 1.59. The van der Waals surface area contributed by atoms with E-state index in [0.29, 0.717) is 34.8 Å². The zero-order chi connectivity index (χ0) is 19.9. The monoisotopic (exact) mass is 381 g/mol. The van der Waals surface area contributed by atoms with E-state index in [1.165, 1.54) is 12.3 Å². The van der Waals surface area contributed by atoms with Gasteiger partial charge >= 0.3 is 0 Å². The van der Waals surface area contributed by atoms with Gasteiger partial charge < -0.3 is 9.88 Å². The zero-order valence-corrected chi connectivity index (χ0v) is 15.8. The fourth-order valence-electron chi connectivity index (χ4n) is 2.95. The number of fused-ring (bicyclic) bond motifs is 1. The lowest BCUT2D eigenvalue weighted by atomic mass is 10.1. The summed E-state index contributed by atoms with van der Waals surface area (Å²) in [5.74, 6) is -0.0531. The van der Waals surface area contributed by atoms with Gasteiger partial charge in [-0.1, -0.05) is 6.07 Å². The number of hydrogen-bond acceptors (Lipinski definition) is 5. The van der Waals surface area contributed by atoms with Crippen LogP contribution in [-0.4, -0.2) is 29.3 Å². The normalized spacial score (nSPS) is 11.9. The van der Waals surface area contributed by atoms with E-state index in [1.807, 2.05) is 26.8 Å². The summed E-state index contributed by atoms with van der Waals surface area (Å²) in [5.41, 5.74) is 1.05. The highest BCUT2D eigenvalue weighted by molar-refractivity contribution is 5.74. The van der Waals surface area contributed by atoms with Crippen LogP contribution in [0.1, 0.15) is 26.3 Å². The number of hydrogen-bond donors (Lipinski definition) is 2. The van der Waals surface area contributed by atoms with Crippen LogP contribution in [0, 0.1) is 5.82 Å². The summed E-state index contributed by atoms with van der Waals surface area (Å²) in [6, 6.07) is 4.93. The molecule has 4 aromatic rings. The van der Waals surface area contributed by atoms with Crippen LogP contribution in [0.4, 0.5) is 10.3 Å². The highest BCUT2D eigenvalue weighted by atomic mass is 19.1. The topological polar surface area (TPSA) is 93.4 Å². The summed E-state index contributed by atoms with van der Waals surface area (Å²) < 4.78 is 17.7. The van der Waals surface area contributed by atoms with E-state index in [4.69, 9.17) is 0 Å². The first-order valence-electron chi connectivity index (χ1n) is 8.82. The summed E-state index contributed by atoms with van der Waals surface area (Å²) in [7, 11) is 0. The van der Waals surface area contributed by atoms with Crippen molar-refractivity contribution in [2.24, 2.45) is 0 Å². The number of halogens is 1. The van der Waals surface area contributed by atoms with Crippen molar-refractivity contribution in [1.82, 2.24) is 29.3 Å². The Morgan fingerprint density at radius 1 is 1.29 bits per heavy atom. The standard InChI is InChI=1S/C19H20FN7O/c1-19(2,3)27-16-13(10-23-27)17(28)25-18(24-16)22-9-12-4-5-15(14(20)8-12)26-7-6-21-11-26/h4-8,10-11H,9H2,1-3H3,(H2,22,24,25,28). The molecule has 1 aromatic carbocycles. The number of H-pyrrole nitrogens is 1. The van der Waals surface area contributed by atoms with Crippen molar-refractivity contribution < 1.29 is 4.39 Å². The van der Waals surface area contributed by atoms with Gasteiger partial charge in [-0.15, -0.1) is 0 Å². The average molecular weight is 381 g/mol. The van der Waals surface area contributed by atoms with Crippen LogP contribution in [0.15, 0.2) is 47.9 Å². The van der Waals surface area contributed by atoms with Gasteiger partial charge in [0.1, 0.15) is 11.2 Å². The van der Waals surface area contributed by atoms with Crippen LogP contribution in [0.2, 0.25) is 0 Å². The summed E-state index contributed by atoms with van der Waals surface area (Å²) in [5, 5.41) is 7.76. The number of rotatable bonds is 4. The minimum atomic E-state index is -0.361. The highest BCUT2D eigenvalue weighted by Gasteiger charge is 2.19. The molecule has 0 saturated heterocycles. The molecule has 0 atom stereocenters. The predicted octanol–water partition coefficient (Wildman–Crippen LogP) is 2.81. The Bertz CT molecular complexity index is 1190. The van der Waals surface area contributed by atoms with Crippen LogP contribution in [0.3, 0.4) is 0 Å². The minimum absolute atomic E-state index is 0.273. The van der Waals surface area contributed by atoms with Crippen molar-refractivity contribution >= 4 is 17.0 Å². The van der Waals surface area contributed by atoms with E-state index in [0.717, 1.165) is 0 Å². The molecule has 0 fully saturated rings. The molecule has 3 heterocycles. The van der Waals surface area contributed by atoms with Crippen molar-refractivity contribution in [1.29, 1.82) is 0 Å². The Labute approximate surface area is 160 Å². The predicted molar refractivity (Wildman–Crippen MR) is 104 cm³/mol. The fourth-order valence-corrected chi connectivity index (χ4v) is 2.95. The van der Waals surface area contributed by atoms with E-state index < -0.39 is 0 Å². The van der Waals surface area contributed by atoms with Crippen molar-refractivity contribution in [3.8, 4) is 5.69 Å². The first-order chi connectivity index (χ1) is 13.3. The highest BCUT2D eigenvalue weighted by Crippen LogP contribution is 2.19. The number of aromatic nitrogens is 6. The van der Waals surface area contributed by atoms with Crippen LogP contribution >= 0.6 is 0 Å². The summed E-state index contributed by atoms with van der Waals surface area (Å²) >= 11 is 0. The Morgan fingerprint density at radius 3 is 2.79 bits per heavy atom. The van der Waals surface area contributed by atoms with Crippen molar-refractivity contribution in [2.45, 2.75) is 32.9 Å². The molecule has 9 heteroatoms. The number of aromatic amines is 1. The lowest BCUT2D eigenvalue weighted by Gasteiger charge is -2.19. The Hall–Kier alpha value is -3.49. The second-order valence-electron chi connectivity index (χ2n) is 7.49. The third-order valence-electron chi connectivity index (χ3n) is 4.33. The first-order valence-corrected chi connectivity index (χ1v) is 8.82. The molecule has 0 amide bonds. The van der Waals surface area contributed by atoms with Gasteiger partial charge in [0.15, 0.2) is 5.65 Å². The Morgan fingerprint density at radius 2 is 2.11 bits per heavy atom. The lowest BCUT2D eigenvalue weighted by molar-refractivity contribution is 0.366. The molecule has 0 bridgehead atoms. The second-order valence-corrected chi connectivity index (χ2v) is 7.49. The van der Waals surface area contributed by atoms with Crippen LogP contribution < -0.4 is 10.9 Å². The van der Waals surface area contributed by atoms with E-state index in [9.17, 15) is 9.18 Å². The zero-order valence-electron chi connectivity index (χ0n) is 15.8. The maximum absolute atomic E-state index is 14.4. The summed E-state index contributed by atoms with van der Waals surface area (Å²) in [4.78, 5) is 23.4. The fraction of sp³-hybridized carbons (Fsp3) is 0.263. The molecule has 0 saturated carbocycles. The molecule has 144 valence electrons. The molecule has 0 spiro atoms. The Kier molecular flexibility index (Phi) is 4.21. The molecule has 0 unspecified atom stereocenters. The van der Waals surface area contributed by atoms with Crippen LogP contribution in [-0.2, 0) is 12.1 Å². The van der Waals surface area contributed by atoms with E-state index >= 15 is 0 Å². The number of nitrogens with zero attached hydrogens (tertiary/aromatic N) is 5. The van der Waals surface area contributed by atoms with Gasteiger partial charge in [-0.2, -0.15) is 10.1 Å². The number of imidazole rings is 1. The molecule has 8 nitrogen and oxygen atoms in total. The van der Waals surface area contributed by atoms with E-state index in [-0.39, 0.29) is 16.9 Å². The molecule has 0 aliphatic carbocycles. The molecule has 4 rings (SSSR count). The van der Waals surface area contributed by atoms with Gasteiger partial charge in [0.25, 0.3) is 5.56 Å². The third kappa shape index (κ3) is 3.26. The van der Waals surface area contributed by atoms with Gasteiger partial charge in [0.05, 0.1) is 23.8 Å². The van der Waals surface area contributed by atoms with Crippen molar-refractivity contribution in [3.63, 3.8) is 0 Å². The first kappa shape index (κ1) is 17.9. The largest absolute Gasteiger partial charge is 0.352 e. The lowest BCUT2D eigenvalue weighted by Crippen LogP contribution is -2.24. The summed E-state index contributed by atoms with van der Waals surface area (Å²) in [6.07, 6.45) is 6.33. The second kappa shape index (κ2) is 6.59. The van der Waals surface area contributed by atoms with Gasteiger partial charge in [-0.25, -0.2) is 14.1 Å². The van der Waals surface area contributed by atoms with Crippen molar-refractivity contribution in [2.75, 3.05) is 5.32 Å². The van der Waals surface area contributed by atoms with Crippen molar-refractivity contribution in [3.05, 3.63) is 64.9 Å². The van der Waals surface area contributed by atoms with Gasteiger partial charge in [-0.3, -0.25) is 9.78 Å². The average Bonchev–Trinajstić information content (AvgIpc) is 3.29. The molecule has 3 aromatic heterocycles. The van der Waals surface area contributed by atoms with E-state index in [2.05, 4.69) is 25.4 Å². The SMILES string of the molecule is CC(C)(C)n1ncc2c(=O)[nH]c(NCc3ccc(-n4ccnc4)c(F)c3)nc21. The molecule has 2 N–H and O–H groups in total. The maximum Gasteiger partial charge on any atom is 0.263 e. The smallest absolute Gasteiger partial charge is 0.263 e. The molecule has 28 heavy (non-hydrogen) atoms. The van der Waals surface area contributed by atoms with Gasteiger partial charge in [0, 0.05) is 18.9 Å². The molecule has 0 aliphatic heterocycles. The van der Waals surface area contributed by atoms with Gasteiger partial charge in [-0.05, 0) is 38.5 Å². The summed E-state index contributed by atoms with van der Waals surface area (Å²) in [6.45, 7) is 6.26. The molecule has 0 aliphatic rings. The van der Waals surface area contributed by atoms with Crippen LogP contribution in [0.25, 0.3) is 16.7 Å². The quantitative estimate of drug-likeness (QED) is 0.567. The van der Waals surface area contributed by atoms with Gasteiger partial charge in [0.2, 0.25) is 5.95 Å². The maximum atomic E-state index is 14.4. The number of nitrogens with one attached hydrogen (secondary N) is 2. The molecule has 0 radical (unpaired) electrons. The third-order valence-corrected chi connectivity index (χ3v) is 4.33. The number of benzene rings is 1. The molecular weight excluding hydrogens is 361 g/mol. The number of anilines is 1. The molecular formula is C19H20FN7O. The van der Waals surface area contributed by atoms with Crippen LogP contribution in [0.5, 0.6) is 0 Å².